The molecule has 15 heavy (non-hydrogen) atoms. The van der Waals surface area contributed by atoms with Crippen LogP contribution in [-0.4, -0.2) is 23.5 Å². The summed E-state index contributed by atoms with van der Waals surface area (Å²) in [6.45, 7) is 3.31. The number of hydrogen-bond acceptors (Lipinski definition) is 2. The topological polar surface area (TPSA) is 16.1 Å². The second-order valence-electron chi connectivity index (χ2n) is 4.22. The Labute approximate surface area is 96.3 Å². The number of likely N-dealkylation sites (tertiary alicyclic amines) is 1. The van der Waals surface area contributed by atoms with Gasteiger partial charge in [-0.1, -0.05) is 18.5 Å². The van der Waals surface area contributed by atoms with Crippen molar-refractivity contribution >= 4 is 11.6 Å². The van der Waals surface area contributed by atoms with Crippen LogP contribution in [0, 0.1) is 0 Å². The predicted molar refractivity (Wildman–Crippen MR) is 63.2 cm³/mol. The van der Waals surface area contributed by atoms with Gasteiger partial charge in [0.05, 0.1) is 0 Å². The van der Waals surface area contributed by atoms with E-state index in [4.69, 9.17) is 11.6 Å². The van der Waals surface area contributed by atoms with Gasteiger partial charge in [0.25, 0.3) is 0 Å². The average Bonchev–Trinajstić information content (AvgIpc) is 2.65. The molecule has 0 saturated carbocycles. The molecule has 1 saturated heterocycles. The van der Waals surface area contributed by atoms with Crippen LogP contribution in [0.25, 0.3) is 0 Å². The first-order valence-corrected chi connectivity index (χ1v) is 5.94. The summed E-state index contributed by atoms with van der Waals surface area (Å²) in [5.74, 6) is 0. The summed E-state index contributed by atoms with van der Waals surface area (Å²) in [7, 11) is 2.16. The summed E-state index contributed by atoms with van der Waals surface area (Å²) in [5, 5.41) is 0.672. The standard InChI is InChI=1S/C12H17ClN2/c1-3-9-7-10(12(13)14-8-9)11-5-4-6-15(11)2/h7-8,11H,3-6H2,1-2H3/t11-/m0/s1. The summed E-state index contributed by atoms with van der Waals surface area (Å²) in [5.41, 5.74) is 2.48. The molecule has 2 nitrogen and oxygen atoms in total. The lowest BCUT2D eigenvalue weighted by Gasteiger charge is -2.20. The molecule has 2 heterocycles. The van der Waals surface area contributed by atoms with Gasteiger partial charge in [-0.05, 0) is 44.5 Å². The zero-order chi connectivity index (χ0) is 10.8. The number of rotatable bonds is 2. The minimum atomic E-state index is 0.469. The fourth-order valence-electron chi connectivity index (χ4n) is 2.24. The molecule has 1 aliphatic rings. The summed E-state index contributed by atoms with van der Waals surface area (Å²) in [6, 6.07) is 2.68. The molecule has 0 aliphatic carbocycles. The fourth-order valence-corrected chi connectivity index (χ4v) is 2.47. The van der Waals surface area contributed by atoms with E-state index in [1.165, 1.54) is 24.0 Å². The first-order chi connectivity index (χ1) is 7.22. The van der Waals surface area contributed by atoms with Gasteiger partial charge in [-0.25, -0.2) is 4.98 Å². The molecule has 1 atom stereocenters. The number of aryl methyl sites for hydroxylation is 1. The number of halogens is 1. The van der Waals surface area contributed by atoms with Gasteiger partial charge in [0.15, 0.2) is 0 Å². The van der Waals surface area contributed by atoms with E-state index < -0.39 is 0 Å². The summed E-state index contributed by atoms with van der Waals surface area (Å²) >= 11 is 6.16. The van der Waals surface area contributed by atoms with Crippen molar-refractivity contribution < 1.29 is 0 Å². The maximum Gasteiger partial charge on any atom is 0.133 e. The highest BCUT2D eigenvalue weighted by Crippen LogP contribution is 2.34. The molecule has 3 heteroatoms. The number of hydrogen-bond donors (Lipinski definition) is 0. The maximum atomic E-state index is 6.16. The Morgan fingerprint density at radius 1 is 1.60 bits per heavy atom. The third-order valence-corrected chi connectivity index (χ3v) is 3.53. The molecule has 1 aliphatic heterocycles. The van der Waals surface area contributed by atoms with Crippen LogP contribution in [0.15, 0.2) is 12.3 Å². The van der Waals surface area contributed by atoms with E-state index in [9.17, 15) is 0 Å². The molecule has 0 amide bonds. The SMILES string of the molecule is CCc1cnc(Cl)c([C@@H]2CCCN2C)c1. The Morgan fingerprint density at radius 2 is 2.40 bits per heavy atom. The minimum absolute atomic E-state index is 0.469. The summed E-state index contributed by atoms with van der Waals surface area (Å²) in [6.07, 6.45) is 5.35. The number of nitrogens with zero attached hydrogens (tertiary/aromatic N) is 2. The first kappa shape index (κ1) is 10.9. The Kier molecular flexibility index (Phi) is 3.27. The van der Waals surface area contributed by atoms with Gasteiger partial charge in [0.2, 0.25) is 0 Å². The van der Waals surface area contributed by atoms with Crippen LogP contribution in [0.1, 0.15) is 36.9 Å². The molecule has 1 fully saturated rings. The van der Waals surface area contributed by atoms with E-state index in [1.54, 1.807) is 0 Å². The number of pyridine rings is 1. The largest absolute Gasteiger partial charge is 0.299 e. The second kappa shape index (κ2) is 4.50. The van der Waals surface area contributed by atoms with Gasteiger partial charge in [0, 0.05) is 17.8 Å². The Bertz CT molecular complexity index is 351. The van der Waals surface area contributed by atoms with Crippen molar-refractivity contribution in [1.82, 2.24) is 9.88 Å². The third-order valence-electron chi connectivity index (χ3n) is 3.21. The van der Waals surface area contributed by atoms with Crippen LogP contribution in [0.4, 0.5) is 0 Å². The van der Waals surface area contributed by atoms with Gasteiger partial charge in [-0.2, -0.15) is 0 Å². The quantitative estimate of drug-likeness (QED) is 0.718. The summed E-state index contributed by atoms with van der Waals surface area (Å²) < 4.78 is 0. The molecule has 82 valence electrons. The predicted octanol–water partition coefficient (Wildman–Crippen LogP) is 3.06. The lowest BCUT2D eigenvalue weighted by molar-refractivity contribution is 0.317. The Hall–Kier alpha value is -0.600. The van der Waals surface area contributed by atoms with E-state index in [1.807, 2.05) is 6.20 Å². The molecule has 0 radical (unpaired) electrons. The van der Waals surface area contributed by atoms with E-state index in [0.29, 0.717) is 11.2 Å². The van der Waals surface area contributed by atoms with Gasteiger partial charge in [-0.3, -0.25) is 4.90 Å². The van der Waals surface area contributed by atoms with Crippen LogP contribution in [0.5, 0.6) is 0 Å². The first-order valence-electron chi connectivity index (χ1n) is 5.57. The molecular formula is C12H17ClN2. The minimum Gasteiger partial charge on any atom is -0.299 e. The van der Waals surface area contributed by atoms with E-state index in [0.717, 1.165) is 13.0 Å². The van der Waals surface area contributed by atoms with Crippen LogP contribution in [0.3, 0.4) is 0 Å². The van der Waals surface area contributed by atoms with E-state index >= 15 is 0 Å². The second-order valence-corrected chi connectivity index (χ2v) is 4.57. The van der Waals surface area contributed by atoms with Crippen LogP contribution >= 0.6 is 11.6 Å². The molecule has 0 N–H and O–H groups in total. The van der Waals surface area contributed by atoms with Crippen molar-refractivity contribution in [2.45, 2.75) is 32.2 Å². The van der Waals surface area contributed by atoms with Crippen molar-refractivity contribution in [2.75, 3.05) is 13.6 Å². The zero-order valence-electron chi connectivity index (χ0n) is 9.33. The van der Waals surface area contributed by atoms with Crippen molar-refractivity contribution in [3.05, 3.63) is 28.5 Å². The maximum absolute atomic E-state index is 6.16. The van der Waals surface area contributed by atoms with Crippen molar-refractivity contribution in [1.29, 1.82) is 0 Å². The third kappa shape index (κ3) is 2.16. The lowest BCUT2D eigenvalue weighted by Crippen LogP contribution is -2.18. The van der Waals surface area contributed by atoms with Crippen molar-refractivity contribution in [2.24, 2.45) is 0 Å². The van der Waals surface area contributed by atoms with Gasteiger partial charge >= 0.3 is 0 Å². The zero-order valence-corrected chi connectivity index (χ0v) is 10.1. The normalized spacial score (nSPS) is 22.2. The smallest absolute Gasteiger partial charge is 0.133 e. The monoisotopic (exact) mass is 224 g/mol. The summed E-state index contributed by atoms with van der Waals surface area (Å²) in [4.78, 5) is 6.63. The molecule has 0 spiro atoms. The van der Waals surface area contributed by atoms with Crippen LogP contribution in [0.2, 0.25) is 5.15 Å². The van der Waals surface area contributed by atoms with E-state index in [-0.39, 0.29) is 0 Å². The molecule has 0 unspecified atom stereocenters. The average molecular weight is 225 g/mol. The van der Waals surface area contributed by atoms with Gasteiger partial charge < -0.3 is 0 Å². The molecule has 0 aromatic carbocycles. The van der Waals surface area contributed by atoms with Gasteiger partial charge in [-0.15, -0.1) is 0 Å². The molecule has 0 bridgehead atoms. The van der Waals surface area contributed by atoms with Crippen molar-refractivity contribution in [3.63, 3.8) is 0 Å². The van der Waals surface area contributed by atoms with Crippen molar-refractivity contribution in [3.8, 4) is 0 Å². The fraction of sp³-hybridized carbons (Fsp3) is 0.583. The highest BCUT2D eigenvalue weighted by Gasteiger charge is 2.25. The van der Waals surface area contributed by atoms with Crippen LogP contribution < -0.4 is 0 Å². The van der Waals surface area contributed by atoms with E-state index in [2.05, 4.69) is 29.9 Å². The van der Waals surface area contributed by atoms with Gasteiger partial charge in [0.1, 0.15) is 5.15 Å². The number of aromatic nitrogens is 1. The highest BCUT2D eigenvalue weighted by atomic mass is 35.5. The molecule has 1 aromatic rings. The highest BCUT2D eigenvalue weighted by molar-refractivity contribution is 6.30. The molecule has 1 aromatic heterocycles. The molecular weight excluding hydrogens is 208 g/mol. The Balaban J connectivity index is 2.33. The van der Waals surface area contributed by atoms with Crippen LogP contribution in [-0.2, 0) is 6.42 Å². The Morgan fingerprint density at radius 3 is 3.00 bits per heavy atom. The lowest BCUT2D eigenvalue weighted by atomic mass is 10.0. The molecule has 2 rings (SSSR count).